The van der Waals surface area contributed by atoms with Crippen molar-refractivity contribution in [2.24, 2.45) is 0 Å². The molecule has 0 aliphatic heterocycles. The summed E-state index contributed by atoms with van der Waals surface area (Å²) < 4.78 is 212. The number of halogens is 15. The lowest BCUT2D eigenvalue weighted by Gasteiger charge is -2.20. The van der Waals surface area contributed by atoms with E-state index in [9.17, 15) is 61.5 Å². The molecule has 0 saturated carbocycles. The first kappa shape index (κ1) is 30.4. The van der Waals surface area contributed by atoms with Crippen LogP contribution in [-0.2, 0) is 18.5 Å². The predicted molar refractivity (Wildman–Crippen MR) is 103 cm³/mol. The van der Waals surface area contributed by atoms with E-state index in [-0.39, 0.29) is 12.1 Å². The van der Waals surface area contributed by atoms with Crippen molar-refractivity contribution >= 4 is 11.4 Å². The zero-order valence-electron chi connectivity index (χ0n) is 18.4. The lowest BCUT2D eigenvalue weighted by atomic mass is 10.1. The summed E-state index contributed by atoms with van der Waals surface area (Å²) in [5, 5.41) is 0. The number of hydrogen-bond donors (Lipinski definition) is 2. The van der Waals surface area contributed by atoms with Gasteiger partial charge in [-0.15, -0.1) is 0 Å². The van der Waals surface area contributed by atoms with Crippen molar-refractivity contribution in [1.29, 1.82) is 0 Å². The summed E-state index contributed by atoms with van der Waals surface area (Å²) in [6.07, 6.45) is -17.1. The fraction of sp³-hybridized carbons (Fsp3) is 0.143. The molecular formula is C21H7F15N2O2. The van der Waals surface area contributed by atoms with Gasteiger partial charge in [0.15, 0.2) is 34.6 Å². The molecule has 3 rings (SSSR count). The van der Waals surface area contributed by atoms with Crippen molar-refractivity contribution in [2.75, 3.05) is 11.5 Å². The monoisotopic (exact) mass is 604 g/mol. The minimum atomic E-state index is -5.92. The van der Waals surface area contributed by atoms with Gasteiger partial charge in [0, 0.05) is 18.2 Å². The van der Waals surface area contributed by atoms with Crippen LogP contribution < -0.4 is 20.9 Å². The molecule has 0 aromatic heterocycles. The third kappa shape index (κ3) is 5.44. The molecule has 3 aromatic carbocycles. The molecule has 0 heterocycles. The summed E-state index contributed by atoms with van der Waals surface area (Å²) in [5.74, 6) is -23.7. The molecule has 40 heavy (non-hydrogen) atoms. The molecule has 0 fully saturated rings. The molecule has 0 aliphatic carbocycles. The molecule has 0 spiro atoms. The van der Waals surface area contributed by atoms with Crippen LogP contribution in [0.15, 0.2) is 18.2 Å². The van der Waals surface area contributed by atoms with Gasteiger partial charge >= 0.3 is 18.5 Å². The van der Waals surface area contributed by atoms with Crippen molar-refractivity contribution in [2.45, 2.75) is 18.5 Å². The first-order valence-corrected chi connectivity index (χ1v) is 9.71. The summed E-state index contributed by atoms with van der Waals surface area (Å²) in [4.78, 5) is 0. The van der Waals surface area contributed by atoms with Crippen LogP contribution >= 0.6 is 0 Å². The Balaban J connectivity index is 2.23. The van der Waals surface area contributed by atoms with Gasteiger partial charge in [-0.1, -0.05) is 0 Å². The number of ether oxygens (including phenoxy) is 2. The summed E-state index contributed by atoms with van der Waals surface area (Å²) in [6.45, 7) is 0. The third-order valence-electron chi connectivity index (χ3n) is 4.83. The van der Waals surface area contributed by atoms with E-state index >= 15 is 4.39 Å². The minimum Gasteiger partial charge on any atom is -0.451 e. The topological polar surface area (TPSA) is 70.5 Å². The van der Waals surface area contributed by atoms with Crippen LogP contribution in [0.25, 0.3) is 0 Å². The van der Waals surface area contributed by atoms with Gasteiger partial charge in [0.2, 0.25) is 17.5 Å². The largest absolute Gasteiger partial charge is 0.451 e. The molecule has 0 radical (unpaired) electrons. The van der Waals surface area contributed by atoms with Crippen molar-refractivity contribution in [3.8, 4) is 23.0 Å². The Bertz CT molecular complexity index is 1490. The number of hydrogen-bond acceptors (Lipinski definition) is 4. The maximum absolute atomic E-state index is 15.0. The molecular weight excluding hydrogens is 597 g/mol. The fourth-order valence-corrected chi connectivity index (χ4v) is 3.21. The highest BCUT2D eigenvalue weighted by molar-refractivity contribution is 5.58. The molecule has 4 N–H and O–H groups in total. The highest BCUT2D eigenvalue weighted by Crippen LogP contribution is 2.48. The lowest BCUT2D eigenvalue weighted by Crippen LogP contribution is -2.16. The van der Waals surface area contributed by atoms with Crippen LogP contribution in [0, 0.1) is 34.9 Å². The first-order valence-electron chi connectivity index (χ1n) is 9.71. The van der Waals surface area contributed by atoms with Crippen LogP contribution in [0.4, 0.5) is 77.2 Å². The predicted octanol–water partition coefficient (Wildman–Crippen LogP) is 8.33. The lowest BCUT2D eigenvalue weighted by molar-refractivity contribution is -0.141. The van der Waals surface area contributed by atoms with Gasteiger partial charge in [-0.2, -0.15) is 52.7 Å². The van der Waals surface area contributed by atoms with Gasteiger partial charge in [-0.05, 0) is 0 Å². The van der Waals surface area contributed by atoms with Crippen molar-refractivity contribution < 1.29 is 75.3 Å². The molecule has 4 nitrogen and oxygen atoms in total. The van der Waals surface area contributed by atoms with Crippen molar-refractivity contribution in [3.63, 3.8) is 0 Å². The van der Waals surface area contributed by atoms with Crippen molar-refractivity contribution in [3.05, 3.63) is 69.8 Å². The van der Waals surface area contributed by atoms with Gasteiger partial charge in [0.25, 0.3) is 0 Å². The van der Waals surface area contributed by atoms with E-state index in [4.69, 9.17) is 11.5 Å². The van der Waals surface area contributed by atoms with E-state index in [1.54, 1.807) is 0 Å². The maximum atomic E-state index is 15.0. The second-order valence-electron chi connectivity index (χ2n) is 7.51. The SMILES string of the molecule is Nc1cc(Oc2cc(F)c(C(F)(F)F)c(Oc3cc(N)c(C(F)(F)F)c(F)c3F)c2F)c(F)c(F)c1C(F)(F)F. The molecule has 0 saturated heterocycles. The van der Waals surface area contributed by atoms with Crippen LogP contribution in [0.5, 0.6) is 23.0 Å². The molecule has 0 aliphatic rings. The molecule has 19 heteroatoms. The van der Waals surface area contributed by atoms with Crippen LogP contribution in [-0.4, -0.2) is 0 Å². The second-order valence-corrected chi connectivity index (χ2v) is 7.51. The Hall–Kier alpha value is -4.19. The Morgan fingerprint density at radius 3 is 1.18 bits per heavy atom. The highest BCUT2D eigenvalue weighted by Gasteiger charge is 2.44. The van der Waals surface area contributed by atoms with E-state index in [1.165, 1.54) is 0 Å². The summed E-state index contributed by atoms with van der Waals surface area (Å²) in [6, 6.07) is -0.783. The fourth-order valence-electron chi connectivity index (χ4n) is 3.21. The number of alkyl halides is 9. The third-order valence-corrected chi connectivity index (χ3v) is 4.83. The molecule has 0 bridgehead atoms. The Kier molecular flexibility index (Phi) is 7.42. The number of nitrogens with two attached hydrogens (primary N) is 2. The Morgan fingerprint density at radius 2 is 0.800 bits per heavy atom. The van der Waals surface area contributed by atoms with E-state index in [1.807, 2.05) is 0 Å². The van der Waals surface area contributed by atoms with E-state index in [0.29, 0.717) is 0 Å². The van der Waals surface area contributed by atoms with Gasteiger partial charge in [-0.25, -0.2) is 13.2 Å². The normalized spacial score (nSPS) is 12.6. The Morgan fingerprint density at radius 1 is 0.450 bits per heavy atom. The Labute approximate surface area is 210 Å². The zero-order chi connectivity index (χ0) is 30.7. The second kappa shape index (κ2) is 9.77. The van der Waals surface area contributed by atoms with Crippen LogP contribution in [0.1, 0.15) is 16.7 Å². The van der Waals surface area contributed by atoms with Gasteiger partial charge < -0.3 is 20.9 Å². The van der Waals surface area contributed by atoms with E-state index < -0.39 is 111 Å². The number of anilines is 2. The van der Waals surface area contributed by atoms with Crippen LogP contribution in [0.3, 0.4) is 0 Å². The average Bonchev–Trinajstić information content (AvgIpc) is 2.75. The first-order chi connectivity index (χ1) is 18.1. The minimum absolute atomic E-state index is 0.0949. The number of rotatable bonds is 4. The van der Waals surface area contributed by atoms with Gasteiger partial charge in [0.05, 0.1) is 11.4 Å². The van der Waals surface area contributed by atoms with E-state index in [2.05, 4.69) is 9.47 Å². The van der Waals surface area contributed by atoms with Crippen LogP contribution in [0.2, 0.25) is 0 Å². The van der Waals surface area contributed by atoms with Gasteiger partial charge in [-0.3, -0.25) is 0 Å². The number of nitrogen functional groups attached to an aromatic ring is 2. The molecule has 218 valence electrons. The molecule has 0 atom stereocenters. The van der Waals surface area contributed by atoms with E-state index in [0.717, 1.165) is 0 Å². The standard InChI is InChI=1S/C21H7F15N2O2/c22-4-1-7(39-8-2-5(37)11(20(31,32)33)16(26)13(8)23)15(25)18(10(4)19(28,29)30)40-9-3-6(38)12(21(34,35)36)17(27)14(9)24/h1-3H,37-38H2. The average molecular weight is 604 g/mol. The summed E-state index contributed by atoms with van der Waals surface area (Å²) in [5.41, 5.74) is -0.782. The number of benzene rings is 3. The van der Waals surface area contributed by atoms with Gasteiger partial charge in [0.1, 0.15) is 22.5 Å². The molecule has 0 unspecified atom stereocenters. The summed E-state index contributed by atoms with van der Waals surface area (Å²) in [7, 11) is 0. The summed E-state index contributed by atoms with van der Waals surface area (Å²) >= 11 is 0. The smallest absolute Gasteiger partial charge is 0.422 e. The zero-order valence-corrected chi connectivity index (χ0v) is 18.4. The molecule has 0 amide bonds. The maximum Gasteiger partial charge on any atom is 0.422 e. The molecule has 3 aromatic rings. The van der Waals surface area contributed by atoms with Crippen molar-refractivity contribution in [1.82, 2.24) is 0 Å². The quantitative estimate of drug-likeness (QED) is 0.232. The highest BCUT2D eigenvalue weighted by atomic mass is 19.4.